The molecule has 1 aliphatic heterocycles. The van der Waals surface area contributed by atoms with Crippen molar-refractivity contribution in [1.29, 1.82) is 0 Å². The molecule has 2 atom stereocenters. The molecule has 0 saturated carbocycles. The first-order chi connectivity index (χ1) is 12.0. The normalized spacial score (nSPS) is 19.8. The summed E-state index contributed by atoms with van der Waals surface area (Å²) in [5.41, 5.74) is 5.33. The Morgan fingerprint density at radius 3 is 3.12 bits per heavy atom. The average Bonchev–Trinajstić information content (AvgIpc) is 3.17. The Hall–Kier alpha value is -2.67. The molecule has 2 aromatic heterocycles. The summed E-state index contributed by atoms with van der Waals surface area (Å²) in [7, 11) is 1.96. The first-order valence-electron chi connectivity index (χ1n) is 8.43. The summed E-state index contributed by atoms with van der Waals surface area (Å²) >= 11 is 0. The number of nitrogens with zero attached hydrogens (tertiary/aromatic N) is 3. The van der Waals surface area contributed by atoms with Crippen LogP contribution in [0.1, 0.15) is 47.3 Å². The van der Waals surface area contributed by atoms with E-state index in [0.29, 0.717) is 18.7 Å². The van der Waals surface area contributed by atoms with E-state index in [9.17, 15) is 4.79 Å². The largest absolute Gasteiger partial charge is 0.369 e. The lowest BCUT2D eigenvalue weighted by molar-refractivity contribution is -0.00697. The Morgan fingerprint density at radius 1 is 1.44 bits per heavy atom. The lowest BCUT2D eigenvalue weighted by Gasteiger charge is -2.25. The highest BCUT2D eigenvalue weighted by Crippen LogP contribution is 2.30. The first-order valence-corrected chi connectivity index (χ1v) is 8.43. The van der Waals surface area contributed by atoms with Crippen molar-refractivity contribution in [2.75, 3.05) is 0 Å². The van der Waals surface area contributed by atoms with E-state index in [4.69, 9.17) is 4.74 Å². The summed E-state index contributed by atoms with van der Waals surface area (Å²) in [6.45, 7) is 4.42. The highest BCUT2D eigenvalue weighted by molar-refractivity contribution is 5.94. The predicted molar refractivity (Wildman–Crippen MR) is 93.1 cm³/mol. The van der Waals surface area contributed by atoms with E-state index in [1.54, 1.807) is 6.33 Å². The van der Waals surface area contributed by atoms with Gasteiger partial charge in [0.05, 0.1) is 35.3 Å². The fourth-order valence-electron chi connectivity index (χ4n) is 3.42. The third-order valence-electron chi connectivity index (χ3n) is 4.69. The second kappa shape index (κ2) is 6.00. The van der Waals surface area contributed by atoms with E-state index >= 15 is 0 Å². The Labute approximate surface area is 145 Å². The summed E-state index contributed by atoms with van der Waals surface area (Å²) in [6, 6.07) is 6.01. The lowest BCUT2D eigenvalue weighted by Crippen LogP contribution is -2.27. The Bertz CT molecular complexity index is 942. The van der Waals surface area contributed by atoms with E-state index in [1.807, 2.05) is 43.7 Å². The molecular weight excluding hydrogens is 318 g/mol. The molecule has 1 amide bonds. The average molecular weight is 339 g/mol. The van der Waals surface area contributed by atoms with Gasteiger partial charge in [0.1, 0.15) is 0 Å². The van der Waals surface area contributed by atoms with Crippen LogP contribution in [0.25, 0.3) is 11.0 Å². The minimum absolute atomic E-state index is 0.0700. The molecule has 25 heavy (non-hydrogen) atoms. The molecule has 0 bridgehead atoms. The van der Waals surface area contributed by atoms with Gasteiger partial charge in [0, 0.05) is 25.6 Å². The Balaban J connectivity index is 1.50. The molecule has 4 rings (SSSR count). The molecule has 0 fully saturated rings. The number of hydrogen-bond acceptors (Lipinski definition) is 4. The lowest BCUT2D eigenvalue weighted by atomic mass is 9.99. The minimum Gasteiger partial charge on any atom is -0.369 e. The zero-order chi connectivity index (χ0) is 17.6. The van der Waals surface area contributed by atoms with Crippen LogP contribution in [0.5, 0.6) is 0 Å². The van der Waals surface area contributed by atoms with Gasteiger partial charge >= 0.3 is 0 Å². The molecule has 2 N–H and O–H groups in total. The fourth-order valence-corrected chi connectivity index (χ4v) is 3.42. The summed E-state index contributed by atoms with van der Waals surface area (Å²) < 4.78 is 7.74. The standard InChI is InChI=1S/C18H21N5O2/c1-10-6-13-16(11(2)25-10)21-22-17(13)18(24)19-8-12-4-5-15-14(7-12)20-9-23(15)3/h4-5,7,9-11H,6,8H2,1-3H3,(H,19,24)(H,21,22)/t10-,11+/m1/s1. The number of hydrogen-bond donors (Lipinski definition) is 2. The fraction of sp³-hybridized carbons (Fsp3) is 0.389. The number of aryl methyl sites for hydroxylation is 1. The summed E-state index contributed by atoms with van der Waals surface area (Å²) in [5.74, 6) is -0.167. The second-order valence-corrected chi connectivity index (χ2v) is 6.62. The van der Waals surface area contributed by atoms with Crippen molar-refractivity contribution in [1.82, 2.24) is 25.1 Å². The van der Waals surface area contributed by atoms with E-state index in [1.165, 1.54) is 0 Å². The van der Waals surface area contributed by atoms with Crippen LogP contribution in [0, 0.1) is 0 Å². The zero-order valence-electron chi connectivity index (χ0n) is 14.5. The highest BCUT2D eigenvalue weighted by atomic mass is 16.5. The summed E-state index contributed by atoms with van der Waals surface area (Å²) in [6.07, 6.45) is 2.49. The van der Waals surface area contributed by atoms with Crippen LogP contribution >= 0.6 is 0 Å². The molecule has 7 heteroatoms. The van der Waals surface area contributed by atoms with Crippen molar-refractivity contribution in [3.8, 4) is 0 Å². The van der Waals surface area contributed by atoms with Crippen molar-refractivity contribution in [3.05, 3.63) is 47.0 Å². The van der Waals surface area contributed by atoms with Crippen molar-refractivity contribution in [3.63, 3.8) is 0 Å². The highest BCUT2D eigenvalue weighted by Gasteiger charge is 2.29. The van der Waals surface area contributed by atoms with E-state index < -0.39 is 0 Å². The number of carbonyl (C=O) groups excluding carboxylic acids is 1. The predicted octanol–water partition coefficient (Wildman–Crippen LogP) is 2.25. The monoisotopic (exact) mass is 339 g/mol. The van der Waals surface area contributed by atoms with Crippen molar-refractivity contribution >= 4 is 16.9 Å². The van der Waals surface area contributed by atoms with Crippen LogP contribution < -0.4 is 5.32 Å². The summed E-state index contributed by atoms with van der Waals surface area (Å²) in [5, 5.41) is 10.1. The maximum atomic E-state index is 12.6. The number of H-pyrrole nitrogens is 1. The van der Waals surface area contributed by atoms with Crippen LogP contribution in [0.3, 0.4) is 0 Å². The second-order valence-electron chi connectivity index (χ2n) is 6.62. The molecule has 3 aromatic rings. The number of fused-ring (bicyclic) bond motifs is 2. The van der Waals surface area contributed by atoms with Crippen LogP contribution in [0.4, 0.5) is 0 Å². The smallest absolute Gasteiger partial charge is 0.272 e. The minimum atomic E-state index is -0.167. The molecule has 1 aromatic carbocycles. The number of nitrogens with one attached hydrogen (secondary N) is 2. The number of amides is 1. The Kier molecular flexibility index (Phi) is 3.80. The van der Waals surface area contributed by atoms with Crippen LogP contribution in [0.2, 0.25) is 0 Å². The van der Waals surface area contributed by atoms with Gasteiger partial charge < -0.3 is 14.6 Å². The molecule has 130 valence electrons. The quantitative estimate of drug-likeness (QED) is 0.766. The van der Waals surface area contributed by atoms with Crippen molar-refractivity contribution in [2.24, 2.45) is 7.05 Å². The number of benzene rings is 1. The molecule has 0 aliphatic carbocycles. The van der Waals surface area contributed by atoms with Crippen LogP contribution in [-0.2, 0) is 24.8 Å². The topological polar surface area (TPSA) is 84.8 Å². The van der Waals surface area contributed by atoms with Gasteiger partial charge in [-0.2, -0.15) is 5.10 Å². The summed E-state index contributed by atoms with van der Waals surface area (Å²) in [4.78, 5) is 16.9. The molecule has 0 radical (unpaired) electrons. The molecular formula is C18H21N5O2. The van der Waals surface area contributed by atoms with Crippen molar-refractivity contribution < 1.29 is 9.53 Å². The number of imidazole rings is 1. The third kappa shape index (κ3) is 2.80. The molecule has 1 aliphatic rings. The van der Waals surface area contributed by atoms with Gasteiger partial charge in [-0.15, -0.1) is 0 Å². The van der Waals surface area contributed by atoms with Gasteiger partial charge in [-0.3, -0.25) is 9.89 Å². The van der Waals surface area contributed by atoms with Gasteiger partial charge in [0.15, 0.2) is 5.69 Å². The molecule has 7 nitrogen and oxygen atoms in total. The SMILES string of the molecule is C[C@@H]1Cc2c(C(=O)NCc3ccc4c(c3)ncn4C)n[nH]c2[C@H](C)O1. The van der Waals surface area contributed by atoms with E-state index in [0.717, 1.165) is 27.9 Å². The van der Waals surface area contributed by atoms with Crippen LogP contribution in [0.15, 0.2) is 24.5 Å². The first kappa shape index (κ1) is 15.8. The van der Waals surface area contributed by atoms with Gasteiger partial charge in [0.2, 0.25) is 0 Å². The number of aromatic amines is 1. The van der Waals surface area contributed by atoms with Gasteiger partial charge in [-0.1, -0.05) is 6.07 Å². The number of aromatic nitrogens is 4. The molecule has 0 spiro atoms. The van der Waals surface area contributed by atoms with E-state index in [2.05, 4.69) is 20.5 Å². The van der Waals surface area contributed by atoms with Gasteiger partial charge in [-0.25, -0.2) is 4.98 Å². The molecule has 0 unspecified atom stereocenters. The zero-order valence-corrected chi connectivity index (χ0v) is 14.5. The third-order valence-corrected chi connectivity index (χ3v) is 4.69. The Morgan fingerprint density at radius 2 is 2.28 bits per heavy atom. The molecule has 3 heterocycles. The maximum absolute atomic E-state index is 12.6. The maximum Gasteiger partial charge on any atom is 0.272 e. The molecule has 0 saturated heterocycles. The van der Waals surface area contributed by atoms with Gasteiger partial charge in [-0.05, 0) is 31.5 Å². The number of ether oxygens (including phenoxy) is 1. The number of carbonyl (C=O) groups is 1. The van der Waals surface area contributed by atoms with Crippen LogP contribution in [-0.4, -0.2) is 31.8 Å². The van der Waals surface area contributed by atoms with Gasteiger partial charge in [0.25, 0.3) is 5.91 Å². The number of rotatable bonds is 3. The van der Waals surface area contributed by atoms with Crippen molar-refractivity contribution in [2.45, 2.75) is 39.0 Å². The van der Waals surface area contributed by atoms with E-state index in [-0.39, 0.29) is 18.1 Å².